The van der Waals surface area contributed by atoms with Crippen LogP contribution in [0.3, 0.4) is 0 Å². The van der Waals surface area contributed by atoms with Gasteiger partial charge in [-0.1, -0.05) is 42.5 Å². The lowest BCUT2D eigenvalue weighted by Gasteiger charge is -2.05. The Morgan fingerprint density at radius 3 is 2.62 bits per heavy atom. The van der Waals surface area contributed by atoms with Crippen molar-refractivity contribution >= 4 is 12.2 Å². The summed E-state index contributed by atoms with van der Waals surface area (Å²) in [4.78, 5) is 7.15. The Labute approximate surface area is 98.4 Å². The number of nitrogens with zero attached hydrogens (tertiary/aromatic N) is 2. The number of benzene rings is 1. The van der Waals surface area contributed by atoms with Crippen molar-refractivity contribution in [3.8, 4) is 17.3 Å². The second kappa shape index (κ2) is 4.25. The molecule has 1 aromatic heterocycles. The maximum absolute atomic E-state index is 9.07. The number of aryl methyl sites for hydroxylation is 1. The number of aromatic amines is 1. The summed E-state index contributed by atoms with van der Waals surface area (Å²) in [6.07, 6.45) is 0. The molecule has 1 aromatic carbocycles. The monoisotopic (exact) mass is 227 g/mol. The molecule has 0 saturated carbocycles. The average Bonchev–Trinajstić information content (AvgIpc) is 2.29. The Balaban J connectivity index is 2.75. The fourth-order valence-electron chi connectivity index (χ4n) is 1.51. The van der Waals surface area contributed by atoms with Crippen molar-refractivity contribution in [1.82, 2.24) is 9.97 Å². The smallest absolute Gasteiger partial charge is 0.148 e. The maximum atomic E-state index is 9.07. The summed E-state index contributed by atoms with van der Waals surface area (Å²) >= 11 is 5.07. The lowest BCUT2D eigenvalue weighted by Crippen LogP contribution is -1.96. The molecule has 0 unspecified atom stereocenters. The van der Waals surface area contributed by atoms with Gasteiger partial charge in [-0.3, -0.25) is 0 Å². The molecule has 2 rings (SSSR count). The van der Waals surface area contributed by atoms with Gasteiger partial charge in [-0.2, -0.15) is 5.26 Å². The summed E-state index contributed by atoms with van der Waals surface area (Å²) in [5.74, 6) is 0.711. The number of nitrogens with one attached hydrogen (secondary N) is 1. The second-order valence-electron chi connectivity index (χ2n) is 3.36. The minimum absolute atomic E-state index is 0.345. The summed E-state index contributed by atoms with van der Waals surface area (Å²) < 4.78 is 0.345. The van der Waals surface area contributed by atoms with E-state index in [1.807, 2.05) is 37.3 Å². The number of rotatable bonds is 1. The zero-order valence-corrected chi connectivity index (χ0v) is 9.51. The quantitative estimate of drug-likeness (QED) is 0.762. The largest absolute Gasteiger partial charge is 0.342 e. The van der Waals surface area contributed by atoms with E-state index in [4.69, 9.17) is 17.5 Å². The average molecular weight is 227 g/mol. The summed E-state index contributed by atoms with van der Waals surface area (Å²) in [6, 6.07) is 11.7. The van der Waals surface area contributed by atoms with E-state index in [-0.39, 0.29) is 0 Å². The molecule has 0 aliphatic carbocycles. The molecule has 1 N–H and O–H groups in total. The van der Waals surface area contributed by atoms with Crippen molar-refractivity contribution in [3.05, 3.63) is 46.4 Å². The Kier molecular flexibility index (Phi) is 2.80. The van der Waals surface area contributed by atoms with Crippen LogP contribution in [0.2, 0.25) is 0 Å². The van der Waals surface area contributed by atoms with Crippen LogP contribution in [0.15, 0.2) is 30.3 Å². The summed E-state index contributed by atoms with van der Waals surface area (Å²) in [5, 5.41) is 9.07. The second-order valence-corrected chi connectivity index (χ2v) is 3.74. The Hall–Kier alpha value is -1.99. The van der Waals surface area contributed by atoms with Crippen LogP contribution in [0.4, 0.5) is 0 Å². The molecular formula is C12H9N3S. The Bertz CT molecular complexity index is 608. The third kappa shape index (κ3) is 1.86. The first-order chi connectivity index (χ1) is 7.72. The maximum Gasteiger partial charge on any atom is 0.148 e. The van der Waals surface area contributed by atoms with Gasteiger partial charge in [0.15, 0.2) is 0 Å². The number of aromatic nitrogens is 2. The minimum atomic E-state index is 0.345. The van der Waals surface area contributed by atoms with Crippen LogP contribution in [0.1, 0.15) is 11.4 Å². The van der Waals surface area contributed by atoms with Gasteiger partial charge in [0.25, 0.3) is 0 Å². The van der Waals surface area contributed by atoms with Gasteiger partial charge in [-0.25, -0.2) is 4.98 Å². The first kappa shape index (κ1) is 10.5. The minimum Gasteiger partial charge on any atom is -0.342 e. The van der Waals surface area contributed by atoms with Crippen LogP contribution in [-0.4, -0.2) is 9.97 Å². The van der Waals surface area contributed by atoms with E-state index < -0.39 is 0 Å². The van der Waals surface area contributed by atoms with Gasteiger partial charge in [0.1, 0.15) is 22.1 Å². The van der Waals surface area contributed by atoms with Gasteiger partial charge >= 0.3 is 0 Å². The normalized spacial score (nSPS) is 9.75. The summed E-state index contributed by atoms with van der Waals surface area (Å²) in [5.41, 5.74) is 2.10. The molecule has 16 heavy (non-hydrogen) atoms. The molecule has 0 spiro atoms. The van der Waals surface area contributed by atoms with Crippen LogP contribution in [-0.2, 0) is 0 Å². The van der Waals surface area contributed by atoms with E-state index in [1.54, 1.807) is 0 Å². The SMILES string of the molecule is Cc1nc(=S)c(C#N)c(-c2ccccc2)[nH]1. The van der Waals surface area contributed by atoms with Gasteiger partial charge < -0.3 is 4.98 Å². The van der Waals surface area contributed by atoms with Crippen molar-refractivity contribution < 1.29 is 0 Å². The van der Waals surface area contributed by atoms with Gasteiger partial charge in [-0.05, 0) is 12.5 Å². The predicted molar refractivity (Wildman–Crippen MR) is 64.3 cm³/mol. The molecule has 0 aliphatic rings. The Morgan fingerprint density at radius 1 is 1.31 bits per heavy atom. The summed E-state index contributed by atoms with van der Waals surface area (Å²) in [6.45, 7) is 1.82. The van der Waals surface area contributed by atoms with E-state index in [9.17, 15) is 0 Å². The van der Waals surface area contributed by atoms with Crippen molar-refractivity contribution in [2.45, 2.75) is 6.92 Å². The summed E-state index contributed by atoms with van der Waals surface area (Å²) in [7, 11) is 0. The lowest BCUT2D eigenvalue weighted by molar-refractivity contribution is 1.04. The molecule has 4 heteroatoms. The van der Waals surface area contributed by atoms with Gasteiger partial charge in [0, 0.05) is 0 Å². The molecule has 0 aliphatic heterocycles. The Morgan fingerprint density at radius 2 is 2.00 bits per heavy atom. The zero-order chi connectivity index (χ0) is 11.5. The first-order valence-electron chi connectivity index (χ1n) is 4.79. The molecule has 0 saturated heterocycles. The number of H-pyrrole nitrogens is 1. The molecule has 0 fully saturated rings. The fourth-order valence-corrected chi connectivity index (χ4v) is 1.80. The molecule has 0 atom stereocenters. The highest BCUT2D eigenvalue weighted by atomic mass is 32.1. The third-order valence-corrected chi connectivity index (χ3v) is 2.51. The van der Waals surface area contributed by atoms with Crippen molar-refractivity contribution in [2.24, 2.45) is 0 Å². The van der Waals surface area contributed by atoms with Crippen LogP contribution in [0.25, 0.3) is 11.3 Å². The van der Waals surface area contributed by atoms with Crippen LogP contribution < -0.4 is 0 Å². The van der Waals surface area contributed by atoms with Gasteiger partial charge in [0.2, 0.25) is 0 Å². The molecule has 0 radical (unpaired) electrons. The van der Waals surface area contributed by atoms with Crippen LogP contribution in [0.5, 0.6) is 0 Å². The van der Waals surface area contributed by atoms with E-state index in [2.05, 4.69) is 16.0 Å². The van der Waals surface area contributed by atoms with Crippen molar-refractivity contribution in [3.63, 3.8) is 0 Å². The van der Waals surface area contributed by atoms with Crippen molar-refractivity contribution in [2.75, 3.05) is 0 Å². The third-order valence-electron chi connectivity index (χ3n) is 2.21. The first-order valence-corrected chi connectivity index (χ1v) is 5.19. The predicted octanol–water partition coefficient (Wildman–Crippen LogP) is 2.99. The number of hydrogen-bond acceptors (Lipinski definition) is 3. The molecule has 1 heterocycles. The standard InChI is InChI=1S/C12H9N3S/c1-8-14-11(9-5-3-2-4-6-9)10(7-13)12(16)15-8/h2-6H,1H3,(H,14,15,16). The van der Waals surface area contributed by atoms with E-state index >= 15 is 0 Å². The van der Waals surface area contributed by atoms with E-state index in [0.29, 0.717) is 16.0 Å². The lowest BCUT2D eigenvalue weighted by atomic mass is 10.1. The fraction of sp³-hybridized carbons (Fsp3) is 0.0833. The number of hydrogen-bond donors (Lipinski definition) is 1. The van der Waals surface area contributed by atoms with Crippen LogP contribution >= 0.6 is 12.2 Å². The highest BCUT2D eigenvalue weighted by molar-refractivity contribution is 7.71. The molecular weight excluding hydrogens is 218 g/mol. The van der Waals surface area contributed by atoms with Gasteiger partial charge in [0.05, 0.1) is 5.69 Å². The highest BCUT2D eigenvalue weighted by Crippen LogP contribution is 2.20. The highest BCUT2D eigenvalue weighted by Gasteiger charge is 2.08. The van der Waals surface area contributed by atoms with E-state index in [0.717, 1.165) is 11.3 Å². The molecule has 0 amide bonds. The molecule has 78 valence electrons. The van der Waals surface area contributed by atoms with E-state index in [1.165, 1.54) is 0 Å². The van der Waals surface area contributed by atoms with Gasteiger partial charge in [-0.15, -0.1) is 0 Å². The zero-order valence-electron chi connectivity index (χ0n) is 8.69. The molecule has 0 bridgehead atoms. The van der Waals surface area contributed by atoms with Crippen molar-refractivity contribution in [1.29, 1.82) is 5.26 Å². The topological polar surface area (TPSA) is 52.5 Å². The number of nitriles is 1. The van der Waals surface area contributed by atoms with Crippen LogP contribution in [0, 0.1) is 22.9 Å². The molecule has 2 aromatic rings. The molecule has 3 nitrogen and oxygen atoms in total.